The third-order valence-corrected chi connectivity index (χ3v) is 3.22. The normalized spacial score (nSPS) is 11.6. The summed E-state index contributed by atoms with van der Waals surface area (Å²) in [6, 6.07) is 7.10. The Morgan fingerprint density at radius 3 is 2.24 bits per heavy atom. The van der Waals surface area contributed by atoms with Gasteiger partial charge in [0.15, 0.2) is 5.75 Å². The second-order valence-corrected chi connectivity index (χ2v) is 5.14. The molecule has 2 rings (SSSR count). The molecule has 1 atom stereocenters. The van der Waals surface area contributed by atoms with Crippen molar-refractivity contribution in [2.75, 3.05) is 6.61 Å². The van der Waals surface area contributed by atoms with Crippen LogP contribution in [0.5, 0.6) is 11.5 Å². The molecule has 7 heteroatoms. The Labute approximate surface area is 139 Å². The molecule has 0 fully saturated rings. The van der Waals surface area contributed by atoms with Crippen LogP contribution in [0.1, 0.15) is 5.56 Å². The Balaban J connectivity index is 0.00000220. The van der Waals surface area contributed by atoms with Crippen LogP contribution >= 0.6 is 35.6 Å². The lowest BCUT2D eigenvalue weighted by Crippen LogP contribution is -2.26. The quantitative estimate of drug-likeness (QED) is 0.867. The van der Waals surface area contributed by atoms with E-state index < -0.39 is 0 Å². The van der Waals surface area contributed by atoms with Crippen LogP contribution in [-0.2, 0) is 6.42 Å². The average Bonchev–Trinajstić information content (AvgIpc) is 2.44. The van der Waals surface area contributed by atoms with Crippen molar-refractivity contribution in [3.63, 3.8) is 0 Å². The number of aliphatic hydroxyl groups excluding tert-OH is 1. The van der Waals surface area contributed by atoms with E-state index in [-0.39, 0.29) is 25.1 Å². The van der Waals surface area contributed by atoms with Crippen LogP contribution in [0, 0.1) is 0 Å². The van der Waals surface area contributed by atoms with Gasteiger partial charge in [-0.25, -0.2) is 0 Å². The number of ether oxygens (including phenoxy) is 1. The predicted octanol–water partition coefficient (Wildman–Crippen LogP) is 3.46. The highest BCUT2D eigenvalue weighted by Gasteiger charge is 2.09. The van der Waals surface area contributed by atoms with Crippen LogP contribution < -0.4 is 10.5 Å². The maximum Gasteiger partial charge on any atom is 0.167 e. The molecule has 21 heavy (non-hydrogen) atoms. The molecule has 0 saturated carbocycles. The number of nitrogens with zero attached hydrogens (tertiary/aromatic N) is 1. The fraction of sp³-hybridized carbons (Fsp3) is 0.214. The highest BCUT2D eigenvalue weighted by molar-refractivity contribution is 6.36. The van der Waals surface area contributed by atoms with E-state index in [9.17, 15) is 0 Å². The van der Waals surface area contributed by atoms with E-state index in [0.29, 0.717) is 28.0 Å². The lowest BCUT2D eigenvalue weighted by molar-refractivity contribution is 0.265. The van der Waals surface area contributed by atoms with Crippen molar-refractivity contribution in [2.45, 2.75) is 12.5 Å². The third kappa shape index (κ3) is 5.02. The summed E-state index contributed by atoms with van der Waals surface area (Å²) in [4.78, 5) is 3.86. The molecule has 0 aliphatic rings. The molecule has 0 saturated heterocycles. The Morgan fingerprint density at radius 2 is 1.71 bits per heavy atom. The fourth-order valence-corrected chi connectivity index (χ4v) is 2.12. The zero-order valence-corrected chi connectivity index (χ0v) is 13.3. The van der Waals surface area contributed by atoms with Crippen LogP contribution in [0.25, 0.3) is 0 Å². The molecule has 0 spiro atoms. The highest BCUT2D eigenvalue weighted by atomic mass is 35.5. The molecule has 0 radical (unpaired) electrons. The van der Waals surface area contributed by atoms with Gasteiger partial charge in [0.2, 0.25) is 0 Å². The van der Waals surface area contributed by atoms with E-state index in [1.54, 1.807) is 12.1 Å². The summed E-state index contributed by atoms with van der Waals surface area (Å²) in [6.07, 6.45) is 3.54. The second-order valence-electron chi connectivity index (χ2n) is 4.33. The van der Waals surface area contributed by atoms with Crippen molar-refractivity contribution in [3.8, 4) is 11.5 Å². The van der Waals surface area contributed by atoms with E-state index in [0.717, 1.165) is 5.56 Å². The lowest BCUT2D eigenvalue weighted by atomic mass is 10.1. The van der Waals surface area contributed by atoms with Crippen LogP contribution in [-0.4, -0.2) is 22.7 Å². The Bertz CT molecular complexity index is 559. The molecule has 114 valence electrons. The third-order valence-electron chi connectivity index (χ3n) is 2.69. The maximum absolute atomic E-state index is 8.92. The predicted molar refractivity (Wildman–Crippen MR) is 86.8 cm³/mol. The molecular formula is C14H15Cl3N2O2. The van der Waals surface area contributed by atoms with Gasteiger partial charge in [-0.1, -0.05) is 35.3 Å². The van der Waals surface area contributed by atoms with E-state index in [2.05, 4.69) is 4.98 Å². The molecule has 4 nitrogen and oxygen atoms in total. The van der Waals surface area contributed by atoms with Crippen molar-refractivity contribution >= 4 is 35.6 Å². The van der Waals surface area contributed by atoms with Gasteiger partial charge >= 0.3 is 0 Å². The average molecular weight is 350 g/mol. The number of nitrogens with two attached hydrogens (primary N) is 1. The molecule has 0 unspecified atom stereocenters. The zero-order valence-electron chi connectivity index (χ0n) is 11.0. The summed E-state index contributed by atoms with van der Waals surface area (Å²) in [5.41, 5.74) is 6.70. The minimum absolute atomic E-state index is 0. The zero-order chi connectivity index (χ0) is 14.5. The molecule has 0 aliphatic carbocycles. The van der Waals surface area contributed by atoms with Gasteiger partial charge in [0, 0.05) is 18.4 Å². The summed E-state index contributed by atoms with van der Waals surface area (Å²) in [6.45, 7) is -0.0412. The monoisotopic (exact) mass is 348 g/mol. The van der Waals surface area contributed by atoms with Crippen molar-refractivity contribution in [1.29, 1.82) is 0 Å². The smallest absolute Gasteiger partial charge is 0.167 e. The van der Waals surface area contributed by atoms with Gasteiger partial charge in [-0.3, -0.25) is 4.98 Å². The van der Waals surface area contributed by atoms with Crippen molar-refractivity contribution in [3.05, 3.63) is 52.3 Å². The minimum atomic E-state index is -0.258. The van der Waals surface area contributed by atoms with Crippen LogP contribution in [0.2, 0.25) is 10.0 Å². The first-order valence-corrected chi connectivity index (χ1v) is 6.78. The van der Waals surface area contributed by atoms with Gasteiger partial charge in [0.05, 0.1) is 6.61 Å². The molecule has 1 aromatic carbocycles. The van der Waals surface area contributed by atoms with Gasteiger partial charge in [0.25, 0.3) is 0 Å². The number of aromatic nitrogens is 1. The van der Waals surface area contributed by atoms with E-state index in [1.165, 1.54) is 12.4 Å². The number of rotatable bonds is 5. The Hall–Kier alpha value is -1.04. The Kier molecular flexibility index (Phi) is 7.22. The van der Waals surface area contributed by atoms with Crippen molar-refractivity contribution in [2.24, 2.45) is 5.73 Å². The standard InChI is InChI=1S/C14H14Cl2N2O2.ClH/c15-12-6-18-7-13(16)14(12)20-11-3-1-9(2-4-11)5-10(17)8-19;/h1-4,6-7,10,19H,5,8,17H2;1H/t10-;/m0./s1. The maximum atomic E-state index is 8.92. The first-order valence-electron chi connectivity index (χ1n) is 6.02. The number of aliphatic hydroxyl groups is 1. The summed E-state index contributed by atoms with van der Waals surface area (Å²) in [5.74, 6) is 0.990. The van der Waals surface area contributed by atoms with E-state index in [1.807, 2.05) is 12.1 Å². The second kappa shape index (κ2) is 8.41. The van der Waals surface area contributed by atoms with Gasteiger partial charge < -0.3 is 15.6 Å². The van der Waals surface area contributed by atoms with Gasteiger partial charge in [-0.2, -0.15) is 0 Å². The molecule has 2 aromatic rings. The molecular weight excluding hydrogens is 335 g/mol. The first kappa shape index (κ1) is 18.0. The molecule has 3 N–H and O–H groups in total. The van der Waals surface area contributed by atoms with Crippen molar-refractivity contribution in [1.82, 2.24) is 4.98 Å². The van der Waals surface area contributed by atoms with Crippen LogP contribution in [0.3, 0.4) is 0 Å². The van der Waals surface area contributed by atoms with Crippen LogP contribution in [0.4, 0.5) is 0 Å². The first-order chi connectivity index (χ1) is 9.60. The van der Waals surface area contributed by atoms with Gasteiger partial charge in [0.1, 0.15) is 15.8 Å². The largest absolute Gasteiger partial charge is 0.454 e. The number of hydrogen-bond donors (Lipinski definition) is 2. The minimum Gasteiger partial charge on any atom is -0.454 e. The topological polar surface area (TPSA) is 68.4 Å². The molecule has 0 bridgehead atoms. The molecule has 1 heterocycles. The molecule has 0 amide bonds. The lowest BCUT2D eigenvalue weighted by Gasteiger charge is -2.11. The summed E-state index contributed by atoms with van der Waals surface area (Å²) >= 11 is 12.0. The van der Waals surface area contributed by atoms with E-state index in [4.69, 9.17) is 38.8 Å². The molecule has 0 aliphatic heterocycles. The number of hydrogen-bond acceptors (Lipinski definition) is 4. The number of pyridine rings is 1. The number of halogens is 3. The molecule has 1 aromatic heterocycles. The number of benzene rings is 1. The van der Waals surface area contributed by atoms with Gasteiger partial charge in [-0.15, -0.1) is 12.4 Å². The van der Waals surface area contributed by atoms with Crippen molar-refractivity contribution < 1.29 is 9.84 Å². The summed E-state index contributed by atoms with van der Waals surface area (Å²) in [7, 11) is 0. The highest BCUT2D eigenvalue weighted by Crippen LogP contribution is 2.35. The Morgan fingerprint density at radius 1 is 1.14 bits per heavy atom. The van der Waals surface area contributed by atoms with E-state index >= 15 is 0 Å². The summed E-state index contributed by atoms with van der Waals surface area (Å²) in [5, 5.41) is 9.62. The van der Waals surface area contributed by atoms with Crippen LogP contribution in [0.15, 0.2) is 36.7 Å². The fourth-order valence-electron chi connectivity index (χ4n) is 1.68. The summed E-state index contributed by atoms with van der Waals surface area (Å²) < 4.78 is 5.64. The van der Waals surface area contributed by atoms with Gasteiger partial charge in [-0.05, 0) is 24.1 Å². The SMILES string of the molecule is Cl.N[C@H](CO)Cc1ccc(Oc2c(Cl)cncc2Cl)cc1.